The molecule has 2 aromatic rings. The summed E-state index contributed by atoms with van der Waals surface area (Å²) < 4.78 is 13.8. The highest BCUT2D eigenvalue weighted by atomic mass is 79.9. The number of hydrogen-bond acceptors (Lipinski definition) is 2. The van der Waals surface area contributed by atoms with Crippen molar-refractivity contribution in [1.82, 2.24) is 15.3 Å². The van der Waals surface area contributed by atoms with Crippen LogP contribution in [-0.4, -0.2) is 22.6 Å². The van der Waals surface area contributed by atoms with Gasteiger partial charge in [0.2, 0.25) is 0 Å². The topological polar surface area (TPSA) is 40.7 Å². The van der Waals surface area contributed by atoms with E-state index >= 15 is 0 Å². The third-order valence-electron chi connectivity index (χ3n) is 2.99. The van der Waals surface area contributed by atoms with E-state index in [4.69, 9.17) is 0 Å². The Morgan fingerprint density at radius 3 is 2.90 bits per heavy atom. The van der Waals surface area contributed by atoms with Crippen molar-refractivity contribution in [3.8, 4) is 11.3 Å². The SMILES string of the molecule is CC(C)NCCCc1ncc(-c2ccc(F)cc2Br)[nH]1. The quantitative estimate of drug-likeness (QED) is 0.783. The predicted octanol–water partition coefficient (Wildman–Crippen LogP) is 3.91. The van der Waals surface area contributed by atoms with Crippen LogP contribution in [0, 0.1) is 5.82 Å². The summed E-state index contributed by atoms with van der Waals surface area (Å²) in [6.45, 7) is 5.25. The van der Waals surface area contributed by atoms with Gasteiger partial charge in [0.1, 0.15) is 11.6 Å². The minimum Gasteiger partial charge on any atom is -0.342 e. The monoisotopic (exact) mass is 339 g/mol. The first kappa shape index (κ1) is 15.2. The molecule has 0 amide bonds. The first-order valence-electron chi connectivity index (χ1n) is 6.79. The number of aryl methyl sites for hydroxylation is 1. The van der Waals surface area contributed by atoms with E-state index in [9.17, 15) is 4.39 Å². The Morgan fingerprint density at radius 1 is 1.40 bits per heavy atom. The van der Waals surface area contributed by atoms with Crippen LogP contribution < -0.4 is 5.32 Å². The third kappa shape index (κ3) is 4.15. The summed E-state index contributed by atoms with van der Waals surface area (Å²) in [7, 11) is 0. The van der Waals surface area contributed by atoms with Crippen LogP contribution in [0.1, 0.15) is 26.1 Å². The molecule has 2 N–H and O–H groups in total. The smallest absolute Gasteiger partial charge is 0.124 e. The summed E-state index contributed by atoms with van der Waals surface area (Å²) in [6, 6.07) is 5.17. The van der Waals surface area contributed by atoms with E-state index in [1.807, 2.05) is 0 Å². The molecule has 0 aliphatic carbocycles. The molecule has 0 saturated carbocycles. The van der Waals surface area contributed by atoms with E-state index in [1.54, 1.807) is 12.3 Å². The van der Waals surface area contributed by atoms with Crippen molar-refractivity contribution < 1.29 is 4.39 Å². The number of rotatable bonds is 6. The summed E-state index contributed by atoms with van der Waals surface area (Å²) >= 11 is 3.38. The van der Waals surface area contributed by atoms with Crippen LogP contribution in [0.25, 0.3) is 11.3 Å². The average molecular weight is 340 g/mol. The number of nitrogens with zero attached hydrogens (tertiary/aromatic N) is 1. The molecular formula is C15H19BrFN3. The van der Waals surface area contributed by atoms with Crippen molar-refractivity contribution in [2.45, 2.75) is 32.7 Å². The molecule has 2 rings (SSSR count). The average Bonchev–Trinajstić information content (AvgIpc) is 2.83. The van der Waals surface area contributed by atoms with Crippen LogP contribution in [0.5, 0.6) is 0 Å². The van der Waals surface area contributed by atoms with E-state index in [2.05, 4.69) is 45.1 Å². The second-order valence-corrected chi connectivity index (χ2v) is 5.93. The zero-order valence-electron chi connectivity index (χ0n) is 11.7. The van der Waals surface area contributed by atoms with Crippen molar-refractivity contribution in [3.63, 3.8) is 0 Å². The van der Waals surface area contributed by atoms with Crippen LogP contribution in [0.2, 0.25) is 0 Å². The zero-order valence-corrected chi connectivity index (χ0v) is 13.3. The number of benzene rings is 1. The van der Waals surface area contributed by atoms with E-state index in [1.165, 1.54) is 12.1 Å². The molecular weight excluding hydrogens is 321 g/mol. The van der Waals surface area contributed by atoms with Gasteiger partial charge in [0.15, 0.2) is 0 Å². The Morgan fingerprint density at radius 2 is 2.20 bits per heavy atom. The molecule has 3 nitrogen and oxygen atoms in total. The molecule has 0 radical (unpaired) electrons. The highest BCUT2D eigenvalue weighted by Crippen LogP contribution is 2.27. The van der Waals surface area contributed by atoms with Crippen LogP contribution in [0.15, 0.2) is 28.9 Å². The van der Waals surface area contributed by atoms with Gasteiger partial charge in [0.25, 0.3) is 0 Å². The lowest BCUT2D eigenvalue weighted by Crippen LogP contribution is -2.24. The maximum Gasteiger partial charge on any atom is 0.124 e. The molecule has 0 bridgehead atoms. The van der Waals surface area contributed by atoms with Crippen molar-refractivity contribution in [1.29, 1.82) is 0 Å². The van der Waals surface area contributed by atoms with Gasteiger partial charge in [-0.1, -0.05) is 13.8 Å². The first-order chi connectivity index (χ1) is 9.56. The third-order valence-corrected chi connectivity index (χ3v) is 3.65. The Labute approximate surface area is 127 Å². The van der Waals surface area contributed by atoms with Gasteiger partial charge in [0, 0.05) is 22.5 Å². The minimum absolute atomic E-state index is 0.250. The number of aromatic nitrogens is 2. The Bertz CT molecular complexity index is 566. The van der Waals surface area contributed by atoms with E-state index in [0.717, 1.165) is 40.9 Å². The maximum atomic E-state index is 13.1. The lowest BCUT2D eigenvalue weighted by molar-refractivity contribution is 0.567. The van der Waals surface area contributed by atoms with Crippen LogP contribution in [0.3, 0.4) is 0 Å². The van der Waals surface area contributed by atoms with Crippen molar-refractivity contribution >= 4 is 15.9 Å². The lowest BCUT2D eigenvalue weighted by atomic mass is 10.2. The number of hydrogen-bond donors (Lipinski definition) is 2. The fourth-order valence-corrected chi connectivity index (χ4v) is 2.55. The van der Waals surface area contributed by atoms with Crippen LogP contribution >= 0.6 is 15.9 Å². The van der Waals surface area contributed by atoms with Gasteiger partial charge in [-0.2, -0.15) is 0 Å². The molecule has 1 aromatic carbocycles. The summed E-state index contributed by atoms with van der Waals surface area (Å²) in [6.07, 6.45) is 3.73. The molecule has 0 aliphatic rings. The Hall–Kier alpha value is -1.20. The first-order valence-corrected chi connectivity index (χ1v) is 7.58. The van der Waals surface area contributed by atoms with E-state index in [0.29, 0.717) is 6.04 Å². The number of nitrogens with one attached hydrogen (secondary N) is 2. The van der Waals surface area contributed by atoms with Gasteiger partial charge in [-0.3, -0.25) is 0 Å². The largest absolute Gasteiger partial charge is 0.342 e. The van der Waals surface area contributed by atoms with E-state index in [-0.39, 0.29) is 5.82 Å². The zero-order chi connectivity index (χ0) is 14.5. The predicted molar refractivity (Wildman–Crippen MR) is 83.1 cm³/mol. The summed E-state index contributed by atoms with van der Waals surface area (Å²) in [5.74, 6) is 0.710. The molecule has 0 fully saturated rings. The van der Waals surface area contributed by atoms with Gasteiger partial charge in [-0.15, -0.1) is 0 Å². The van der Waals surface area contributed by atoms with Crippen molar-refractivity contribution in [2.75, 3.05) is 6.54 Å². The molecule has 0 atom stereocenters. The van der Waals surface area contributed by atoms with Gasteiger partial charge >= 0.3 is 0 Å². The molecule has 20 heavy (non-hydrogen) atoms. The highest BCUT2D eigenvalue weighted by Gasteiger charge is 2.08. The van der Waals surface area contributed by atoms with Gasteiger partial charge in [-0.25, -0.2) is 9.37 Å². The van der Waals surface area contributed by atoms with Gasteiger partial charge in [-0.05, 0) is 47.1 Å². The molecule has 1 heterocycles. The highest BCUT2D eigenvalue weighted by molar-refractivity contribution is 9.10. The molecule has 0 saturated heterocycles. The number of H-pyrrole nitrogens is 1. The van der Waals surface area contributed by atoms with Gasteiger partial charge < -0.3 is 10.3 Å². The Kier molecular flexibility index (Phi) is 5.31. The summed E-state index contributed by atoms with van der Waals surface area (Å²) in [5.41, 5.74) is 1.83. The molecule has 1 aromatic heterocycles. The second-order valence-electron chi connectivity index (χ2n) is 5.08. The minimum atomic E-state index is -0.250. The standard InChI is InChI=1S/C15H19BrFN3/c1-10(2)18-7-3-4-15-19-9-14(20-15)12-6-5-11(17)8-13(12)16/h5-6,8-10,18H,3-4,7H2,1-2H3,(H,19,20). The molecule has 0 unspecified atom stereocenters. The molecule has 108 valence electrons. The maximum absolute atomic E-state index is 13.1. The molecule has 0 spiro atoms. The van der Waals surface area contributed by atoms with E-state index < -0.39 is 0 Å². The summed E-state index contributed by atoms with van der Waals surface area (Å²) in [5, 5.41) is 3.38. The molecule has 5 heteroatoms. The number of imidazole rings is 1. The number of halogens is 2. The second kappa shape index (κ2) is 6.99. The fraction of sp³-hybridized carbons (Fsp3) is 0.400. The van der Waals surface area contributed by atoms with Crippen LogP contribution in [-0.2, 0) is 6.42 Å². The normalized spacial score (nSPS) is 11.2. The summed E-state index contributed by atoms with van der Waals surface area (Å²) in [4.78, 5) is 7.66. The lowest BCUT2D eigenvalue weighted by Gasteiger charge is -2.06. The van der Waals surface area contributed by atoms with Crippen LogP contribution in [0.4, 0.5) is 4.39 Å². The van der Waals surface area contributed by atoms with Crippen molar-refractivity contribution in [2.24, 2.45) is 0 Å². The Balaban J connectivity index is 1.98. The fourth-order valence-electron chi connectivity index (χ4n) is 1.98. The van der Waals surface area contributed by atoms with Crippen molar-refractivity contribution in [3.05, 3.63) is 40.5 Å². The van der Waals surface area contributed by atoms with Gasteiger partial charge in [0.05, 0.1) is 11.9 Å². The number of aromatic amines is 1. The molecule has 0 aliphatic heterocycles.